The van der Waals surface area contributed by atoms with E-state index in [0.29, 0.717) is 18.6 Å². The Morgan fingerprint density at radius 2 is 1.74 bits per heavy atom. The number of fused-ring (bicyclic) bond motifs is 2. The van der Waals surface area contributed by atoms with Crippen molar-refractivity contribution in [3.05, 3.63) is 35.4 Å². The molecule has 0 radical (unpaired) electrons. The molecule has 0 spiro atoms. The van der Waals surface area contributed by atoms with E-state index in [0.717, 1.165) is 24.2 Å². The molecule has 2 aliphatic rings. The summed E-state index contributed by atoms with van der Waals surface area (Å²) in [4.78, 5) is 13.3. The van der Waals surface area contributed by atoms with E-state index in [1.807, 2.05) is 44.2 Å². The molecule has 0 amide bonds. The van der Waals surface area contributed by atoms with Crippen LogP contribution in [0.25, 0.3) is 6.08 Å². The first-order chi connectivity index (χ1) is 14.6. The van der Waals surface area contributed by atoms with Gasteiger partial charge in [0.05, 0.1) is 17.8 Å². The molecule has 2 fully saturated rings. The number of ether oxygens (including phenoxy) is 1. The maximum Gasteiger partial charge on any atom is 0.265 e. The van der Waals surface area contributed by atoms with E-state index in [2.05, 4.69) is 6.92 Å². The molecule has 0 saturated heterocycles. The van der Waals surface area contributed by atoms with Gasteiger partial charge in [0, 0.05) is 5.57 Å². The molecule has 2 bridgehead atoms. The summed E-state index contributed by atoms with van der Waals surface area (Å²) in [5.41, 5.74) is 0.0599. The topological polar surface area (TPSA) is 80.7 Å². The summed E-state index contributed by atoms with van der Waals surface area (Å²) in [5.74, 6) is 0.198. The lowest BCUT2D eigenvalue weighted by Crippen LogP contribution is -2.42. The van der Waals surface area contributed by atoms with Crippen molar-refractivity contribution in [1.29, 1.82) is 0 Å². The average molecular weight is 449 g/mol. The van der Waals surface area contributed by atoms with Crippen LogP contribution in [-0.2, 0) is 14.9 Å². The van der Waals surface area contributed by atoms with Crippen LogP contribution in [0.15, 0.2) is 29.8 Å². The Bertz CT molecular complexity index is 914. The van der Waals surface area contributed by atoms with Gasteiger partial charge in [-0.25, -0.2) is 0 Å². The maximum atomic E-state index is 13.3. The van der Waals surface area contributed by atoms with Gasteiger partial charge in [0.2, 0.25) is 0 Å². The smallest absolute Gasteiger partial charge is 0.265 e. The SMILES string of the molecule is CCCCCCCCOc1ccc(C=C2C(=O)C3(CS(=O)(=O)O)CCC2C3(C)C)cc1. The Kier molecular flexibility index (Phi) is 7.32. The molecule has 1 aromatic rings. The molecule has 31 heavy (non-hydrogen) atoms. The Balaban J connectivity index is 1.64. The molecule has 1 N–H and O–H groups in total. The van der Waals surface area contributed by atoms with E-state index in [1.54, 1.807) is 0 Å². The van der Waals surface area contributed by atoms with Crippen LogP contribution >= 0.6 is 0 Å². The molecule has 2 atom stereocenters. The second-order valence-electron chi connectivity index (χ2n) is 9.74. The molecule has 0 heterocycles. The zero-order chi connectivity index (χ0) is 22.7. The highest BCUT2D eigenvalue weighted by atomic mass is 32.2. The highest BCUT2D eigenvalue weighted by molar-refractivity contribution is 7.85. The first-order valence-electron chi connectivity index (χ1n) is 11.6. The average Bonchev–Trinajstić information content (AvgIpc) is 3.02. The fraction of sp³-hybridized carbons (Fsp3) is 0.640. The number of carbonyl (C=O) groups is 1. The maximum absolute atomic E-state index is 13.3. The highest BCUT2D eigenvalue weighted by Gasteiger charge is 2.67. The van der Waals surface area contributed by atoms with E-state index >= 15 is 0 Å². The molecular formula is C25H36O5S. The number of ketones is 1. The summed E-state index contributed by atoms with van der Waals surface area (Å²) < 4.78 is 38.6. The van der Waals surface area contributed by atoms with Crippen molar-refractivity contribution >= 4 is 22.0 Å². The lowest BCUT2D eigenvalue weighted by atomic mass is 9.70. The molecular weight excluding hydrogens is 412 g/mol. The third kappa shape index (κ3) is 5.06. The first-order valence-corrected chi connectivity index (χ1v) is 13.2. The van der Waals surface area contributed by atoms with Crippen LogP contribution in [0.5, 0.6) is 5.75 Å². The lowest BCUT2D eigenvalue weighted by molar-refractivity contribution is -0.125. The third-order valence-corrected chi connectivity index (χ3v) is 8.29. The molecule has 5 nitrogen and oxygen atoms in total. The summed E-state index contributed by atoms with van der Waals surface area (Å²) in [6, 6.07) is 7.71. The largest absolute Gasteiger partial charge is 0.494 e. The Morgan fingerprint density at radius 1 is 1.10 bits per heavy atom. The summed E-state index contributed by atoms with van der Waals surface area (Å²) in [6.45, 7) is 6.83. The van der Waals surface area contributed by atoms with E-state index in [4.69, 9.17) is 4.74 Å². The summed E-state index contributed by atoms with van der Waals surface area (Å²) in [7, 11) is -4.24. The highest BCUT2D eigenvalue weighted by Crippen LogP contribution is 2.66. The van der Waals surface area contributed by atoms with Crippen LogP contribution in [0, 0.1) is 16.7 Å². The van der Waals surface area contributed by atoms with Gasteiger partial charge < -0.3 is 4.74 Å². The number of carbonyl (C=O) groups excluding carboxylic acids is 1. The number of Topliss-reactive ketones (excluding diaryl/α,β-unsaturated/α-hetero) is 1. The van der Waals surface area contributed by atoms with Crippen molar-refractivity contribution in [2.24, 2.45) is 16.7 Å². The Morgan fingerprint density at radius 3 is 2.39 bits per heavy atom. The molecule has 1 aromatic carbocycles. The van der Waals surface area contributed by atoms with E-state index in [1.165, 1.54) is 32.1 Å². The van der Waals surface area contributed by atoms with Gasteiger partial charge in [-0.2, -0.15) is 8.42 Å². The summed E-state index contributed by atoms with van der Waals surface area (Å²) in [5, 5.41) is 0. The van der Waals surface area contributed by atoms with Crippen LogP contribution in [0.1, 0.15) is 77.7 Å². The number of hydrogen-bond acceptors (Lipinski definition) is 4. The Hall–Kier alpha value is -1.66. The second-order valence-corrected chi connectivity index (χ2v) is 11.2. The molecule has 6 heteroatoms. The Labute approximate surface area is 187 Å². The summed E-state index contributed by atoms with van der Waals surface area (Å²) in [6.07, 6.45) is 10.5. The fourth-order valence-corrected chi connectivity index (χ4v) is 6.78. The number of unbranched alkanes of at least 4 members (excludes halogenated alkanes) is 5. The predicted octanol–water partition coefficient (Wildman–Crippen LogP) is 5.70. The van der Waals surface area contributed by atoms with Crippen LogP contribution in [-0.4, -0.2) is 31.1 Å². The van der Waals surface area contributed by atoms with E-state index in [-0.39, 0.29) is 11.7 Å². The van der Waals surface area contributed by atoms with Gasteiger partial charge in [-0.3, -0.25) is 9.35 Å². The van der Waals surface area contributed by atoms with Gasteiger partial charge in [0.15, 0.2) is 5.78 Å². The van der Waals surface area contributed by atoms with Gasteiger partial charge in [-0.05, 0) is 54.4 Å². The molecule has 0 aromatic heterocycles. The number of rotatable bonds is 11. The zero-order valence-corrected chi connectivity index (χ0v) is 19.8. The van der Waals surface area contributed by atoms with E-state index in [9.17, 15) is 17.8 Å². The quantitative estimate of drug-likeness (QED) is 0.267. The van der Waals surface area contributed by atoms with Crippen LogP contribution < -0.4 is 4.74 Å². The molecule has 2 saturated carbocycles. The number of hydrogen-bond donors (Lipinski definition) is 1. The molecule has 2 unspecified atom stereocenters. The van der Waals surface area contributed by atoms with Gasteiger partial charge in [-0.15, -0.1) is 0 Å². The molecule has 172 valence electrons. The lowest BCUT2D eigenvalue weighted by Gasteiger charge is -2.34. The van der Waals surface area contributed by atoms with Crippen molar-refractivity contribution in [2.75, 3.05) is 12.4 Å². The van der Waals surface area contributed by atoms with E-state index < -0.39 is 26.7 Å². The van der Waals surface area contributed by atoms with Crippen LogP contribution in [0.3, 0.4) is 0 Å². The monoisotopic (exact) mass is 448 g/mol. The van der Waals surface area contributed by atoms with Gasteiger partial charge in [-0.1, -0.05) is 65.0 Å². The standard InChI is InChI=1S/C25H36O5S/c1-4-5-6-7-8-9-16-30-20-12-10-19(11-13-20)17-21-22-14-15-25(23(21)26,24(22,2)3)18-31(27,28)29/h10-13,17,22H,4-9,14-16,18H2,1-3H3,(H,27,28,29). The number of benzene rings is 1. The predicted molar refractivity (Wildman–Crippen MR) is 124 cm³/mol. The minimum absolute atomic E-state index is 0.00499. The second kappa shape index (κ2) is 9.45. The zero-order valence-electron chi connectivity index (χ0n) is 19.0. The summed E-state index contributed by atoms with van der Waals surface area (Å²) >= 11 is 0. The van der Waals surface area contributed by atoms with Gasteiger partial charge in [0.25, 0.3) is 10.1 Å². The van der Waals surface area contributed by atoms with Crippen LogP contribution in [0.4, 0.5) is 0 Å². The van der Waals surface area contributed by atoms with Crippen molar-refractivity contribution in [3.63, 3.8) is 0 Å². The molecule has 0 aliphatic heterocycles. The van der Waals surface area contributed by atoms with Gasteiger partial charge >= 0.3 is 0 Å². The molecule has 3 rings (SSSR count). The van der Waals surface area contributed by atoms with Gasteiger partial charge in [0.1, 0.15) is 5.75 Å². The third-order valence-electron chi connectivity index (χ3n) is 7.43. The van der Waals surface area contributed by atoms with Crippen molar-refractivity contribution < 1.29 is 22.5 Å². The number of allylic oxidation sites excluding steroid dienone is 1. The van der Waals surface area contributed by atoms with Crippen molar-refractivity contribution in [2.45, 2.75) is 72.1 Å². The van der Waals surface area contributed by atoms with Crippen molar-refractivity contribution in [1.82, 2.24) is 0 Å². The van der Waals surface area contributed by atoms with Crippen LogP contribution in [0.2, 0.25) is 0 Å². The fourth-order valence-electron chi connectivity index (χ4n) is 5.51. The minimum atomic E-state index is -4.24. The molecule has 2 aliphatic carbocycles. The first kappa shape index (κ1) is 24.0. The van der Waals surface area contributed by atoms with Crippen molar-refractivity contribution in [3.8, 4) is 5.75 Å². The normalized spacial score (nSPS) is 26.0. The minimum Gasteiger partial charge on any atom is -0.494 e.